The Morgan fingerprint density at radius 3 is 1.37 bits per heavy atom. The molecule has 3 nitrogen and oxygen atoms in total. The zero-order valence-electron chi connectivity index (χ0n) is 30.9. The van der Waals surface area contributed by atoms with Crippen LogP contribution < -0.4 is 0 Å². The van der Waals surface area contributed by atoms with Gasteiger partial charge in [-0.25, -0.2) is 0 Å². The molecule has 3 heteroatoms. The number of hydrogen-bond acceptors (Lipinski definition) is 1. The van der Waals surface area contributed by atoms with E-state index in [-0.39, 0.29) is 0 Å². The molecule has 0 saturated heterocycles. The minimum absolute atomic E-state index is 0.904. The van der Waals surface area contributed by atoms with Crippen LogP contribution in [-0.4, -0.2) is 9.13 Å². The number of nitrogens with zero attached hydrogens (tertiary/aromatic N) is 2. The highest BCUT2D eigenvalue weighted by Gasteiger charge is 2.17. The molecule has 0 spiro atoms. The highest BCUT2D eigenvalue weighted by Crippen LogP contribution is 2.40. The number of benzene rings is 9. The van der Waals surface area contributed by atoms with E-state index >= 15 is 0 Å². The number of rotatable bonds is 5. The molecule has 0 saturated carbocycles. The fourth-order valence-corrected chi connectivity index (χ4v) is 9.03. The first-order chi connectivity index (χ1) is 28.2. The zero-order chi connectivity index (χ0) is 37.5. The van der Waals surface area contributed by atoms with Gasteiger partial charge in [-0.2, -0.15) is 0 Å². The molecular formula is C54H34N2O. The smallest absolute Gasteiger partial charge is 0.135 e. The van der Waals surface area contributed by atoms with Crippen LogP contribution in [0.25, 0.3) is 110 Å². The molecule has 0 atom stereocenters. The first-order valence-corrected chi connectivity index (χ1v) is 19.5. The summed E-state index contributed by atoms with van der Waals surface area (Å²) < 4.78 is 11.0. The maximum Gasteiger partial charge on any atom is 0.135 e. The van der Waals surface area contributed by atoms with Crippen molar-refractivity contribution in [2.75, 3.05) is 0 Å². The van der Waals surface area contributed by atoms with E-state index in [1.165, 1.54) is 77.0 Å². The monoisotopic (exact) mass is 726 g/mol. The molecule has 57 heavy (non-hydrogen) atoms. The molecule has 12 rings (SSSR count). The summed E-state index contributed by atoms with van der Waals surface area (Å²) in [5.41, 5.74) is 16.1. The first kappa shape index (κ1) is 31.7. The van der Waals surface area contributed by atoms with Crippen LogP contribution in [0.1, 0.15) is 0 Å². The highest BCUT2D eigenvalue weighted by molar-refractivity contribution is 6.13. The second kappa shape index (κ2) is 12.5. The van der Waals surface area contributed by atoms with Gasteiger partial charge in [0.1, 0.15) is 11.2 Å². The van der Waals surface area contributed by atoms with Crippen molar-refractivity contribution in [3.63, 3.8) is 0 Å². The Morgan fingerprint density at radius 2 is 0.702 bits per heavy atom. The van der Waals surface area contributed by atoms with E-state index in [1.807, 2.05) is 12.1 Å². The largest absolute Gasteiger partial charge is 0.456 e. The van der Waals surface area contributed by atoms with Gasteiger partial charge in [-0.1, -0.05) is 127 Å². The second-order valence-corrected chi connectivity index (χ2v) is 14.9. The molecule has 0 amide bonds. The summed E-state index contributed by atoms with van der Waals surface area (Å²) in [6, 6.07) is 74.6. The second-order valence-electron chi connectivity index (χ2n) is 14.9. The van der Waals surface area contributed by atoms with E-state index < -0.39 is 0 Å². The molecule has 0 unspecified atom stereocenters. The predicted molar refractivity (Wildman–Crippen MR) is 239 cm³/mol. The van der Waals surface area contributed by atoms with Gasteiger partial charge in [-0.3, -0.25) is 0 Å². The Balaban J connectivity index is 0.953. The van der Waals surface area contributed by atoms with Gasteiger partial charge in [-0.15, -0.1) is 0 Å². The van der Waals surface area contributed by atoms with Crippen molar-refractivity contribution in [2.24, 2.45) is 0 Å². The summed E-state index contributed by atoms with van der Waals surface area (Å²) in [5.74, 6) is 0. The molecule has 0 aliphatic rings. The van der Waals surface area contributed by atoms with Gasteiger partial charge < -0.3 is 13.6 Å². The van der Waals surface area contributed by atoms with E-state index in [2.05, 4.69) is 203 Å². The molecule has 266 valence electrons. The van der Waals surface area contributed by atoms with Crippen LogP contribution in [0.3, 0.4) is 0 Å². The molecule has 0 bridgehead atoms. The summed E-state index contributed by atoms with van der Waals surface area (Å²) in [7, 11) is 0. The maximum absolute atomic E-state index is 6.18. The Hall–Kier alpha value is -7.62. The fraction of sp³-hybridized carbons (Fsp3) is 0. The lowest BCUT2D eigenvalue weighted by Gasteiger charge is -2.11. The molecule has 12 aromatic rings. The van der Waals surface area contributed by atoms with Crippen LogP contribution in [0.2, 0.25) is 0 Å². The molecule has 0 aliphatic carbocycles. The van der Waals surface area contributed by atoms with E-state index in [9.17, 15) is 0 Å². The molecule has 0 radical (unpaired) electrons. The van der Waals surface area contributed by atoms with Gasteiger partial charge in [0.15, 0.2) is 0 Å². The minimum atomic E-state index is 0.904. The quantitative estimate of drug-likeness (QED) is 0.173. The van der Waals surface area contributed by atoms with Crippen molar-refractivity contribution in [1.82, 2.24) is 9.13 Å². The van der Waals surface area contributed by atoms with Crippen LogP contribution in [0, 0.1) is 0 Å². The average Bonchev–Trinajstić information content (AvgIpc) is 3.94. The van der Waals surface area contributed by atoms with Crippen molar-refractivity contribution in [2.45, 2.75) is 0 Å². The lowest BCUT2D eigenvalue weighted by molar-refractivity contribution is 0.669. The average molecular weight is 727 g/mol. The van der Waals surface area contributed by atoms with Crippen LogP contribution in [0.5, 0.6) is 0 Å². The normalized spacial score (nSPS) is 11.9. The topological polar surface area (TPSA) is 23.0 Å². The van der Waals surface area contributed by atoms with E-state index in [0.717, 1.165) is 33.3 Å². The summed E-state index contributed by atoms with van der Waals surface area (Å²) in [6.07, 6.45) is 0. The predicted octanol–water partition coefficient (Wildman–Crippen LogP) is 14.8. The zero-order valence-corrected chi connectivity index (χ0v) is 30.9. The first-order valence-electron chi connectivity index (χ1n) is 19.5. The molecule has 9 aromatic carbocycles. The van der Waals surface area contributed by atoms with Crippen LogP contribution in [0.4, 0.5) is 0 Å². The lowest BCUT2D eigenvalue weighted by Crippen LogP contribution is -1.94. The van der Waals surface area contributed by atoms with Crippen molar-refractivity contribution in [3.05, 3.63) is 206 Å². The number of aromatic nitrogens is 2. The number of furan rings is 1. The van der Waals surface area contributed by atoms with E-state index in [4.69, 9.17) is 4.42 Å². The maximum atomic E-state index is 6.18. The van der Waals surface area contributed by atoms with E-state index in [1.54, 1.807) is 0 Å². The molecular weight excluding hydrogens is 693 g/mol. The van der Waals surface area contributed by atoms with E-state index in [0.29, 0.717) is 0 Å². The highest BCUT2D eigenvalue weighted by atomic mass is 16.3. The molecule has 0 aliphatic heterocycles. The van der Waals surface area contributed by atoms with Gasteiger partial charge in [0.2, 0.25) is 0 Å². The van der Waals surface area contributed by atoms with Crippen LogP contribution in [0.15, 0.2) is 211 Å². The third-order valence-corrected chi connectivity index (χ3v) is 11.7. The molecule has 3 aromatic heterocycles. The summed E-state index contributed by atoms with van der Waals surface area (Å²) in [5, 5.41) is 7.22. The molecule has 3 heterocycles. The number of hydrogen-bond donors (Lipinski definition) is 0. The van der Waals surface area contributed by atoms with Gasteiger partial charge >= 0.3 is 0 Å². The summed E-state index contributed by atoms with van der Waals surface area (Å²) in [6.45, 7) is 0. The van der Waals surface area contributed by atoms with Crippen LogP contribution in [-0.2, 0) is 0 Å². The van der Waals surface area contributed by atoms with Gasteiger partial charge in [-0.05, 0) is 112 Å². The van der Waals surface area contributed by atoms with Crippen molar-refractivity contribution in [3.8, 4) is 44.8 Å². The van der Waals surface area contributed by atoms with Crippen LogP contribution >= 0.6 is 0 Å². The Kier molecular flexibility index (Phi) is 6.93. The SMILES string of the molecule is c1ccc(-c2cccc(-c3ccc(-n4c5ccccc5c5cc(-c6ccc7c(c6)c6ccccc6n7-c6ccc7oc8ccccc8c7c6)ccc54)cc3)c2)cc1. The Morgan fingerprint density at radius 1 is 0.246 bits per heavy atom. The number of para-hydroxylation sites is 3. The third-order valence-electron chi connectivity index (χ3n) is 11.7. The minimum Gasteiger partial charge on any atom is -0.456 e. The van der Waals surface area contributed by atoms with Gasteiger partial charge in [0.05, 0.1) is 22.1 Å². The summed E-state index contributed by atoms with van der Waals surface area (Å²) >= 11 is 0. The van der Waals surface area contributed by atoms with Crippen molar-refractivity contribution in [1.29, 1.82) is 0 Å². The fourth-order valence-electron chi connectivity index (χ4n) is 9.03. The standard InChI is InChI=1S/C54H34N2O/c1-2-11-35(12-3-1)37-13-10-14-38(31-37)36-21-25-41(26-22-36)55-49-18-7-4-15-43(49)46-32-39(23-28-51(46)55)40-24-29-52-47(33-40)44-16-5-8-19-50(44)56(52)42-27-30-54-48(34-42)45-17-6-9-20-53(45)57-54/h1-34H. The van der Waals surface area contributed by atoms with Crippen molar-refractivity contribution < 1.29 is 4.42 Å². The van der Waals surface area contributed by atoms with Gasteiger partial charge in [0.25, 0.3) is 0 Å². The Bertz CT molecular complexity index is 3510. The number of fused-ring (bicyclic) bond motifs is 9. The summed E-state index contributed by atoms with van der Waals surface area (Å²) in [4.78, 5) is 0. The van der Waals surface area contributed by atoms with Crippen molar-refractivity contribution >= 4 is 65.6 Å². The van der Waals surface area contributed by atoms with Gasteiger partial charge in [0, 0.05) is 43.7 Å². The lowest BCUT2D eigenvalue weighted by atomic mass is 9.99. The third kappa shape index (κ3) is 4.99. The molecule has 0 N–H and O–H groups in total. The Labute approximate surface area is 328 Å². The molecule has 0 fully saturated rings.